The van der Waals surface area contributed by atoms with Gasteiger partial charge in [-0.05, 0) is 64.1 Å². The molecular weight excluding hydrogens is 362 g/mol. The van der Waals surface area contributed by atoms with Gasteiger partial charge in [0.25, 0.3) is 5.91 Å². The molecule has 2 heterocycles. The first-order chi connectivity index (χ1) is 12.8. The molecule has 0 aliphatic heterocycles. The number of amides is 1. The van der Waals surface area contributed by atoms with E-state index in [1.165, 1.54) is 0 Å². The summed E-state index contributed by atoms with van der Waals surface area (Å²) in [6.45, 7) is 8.00. The number of rotatable bonds is 5. The number of hydrogen-bond donors (Lipinski definition) is 1. The molecule has 0 aliphatic carbocycles. The molecule has 2 aromatic heterocycles. The lowest BCUT2D eigenvalue weighted by Gasteiger charge is -2.09. The van der Waals surface area contributed by atoms with Crippen molar-refractivity contribution in [2.45, 2.75) is 34.2 Å². The molecule has 27 heavy (non-hydrogen) atoms. The standard InChI is InChI=1S/C20H22ClN5O/c1-13-9-14(2)25(24-13)12-20(27)23-22-11-17-10-15(3)26(16(17)4)19-7-5-18(21)6-8-19/h5-11H,12H2,1-4H3,(H,23,27)/b22-11+. The van der Waals surface area contributed by atoms with Gasteiger partial charge in [0.1, 0.15) is 6.54 Å². The third-order valence-electron chi connectivity index (χ3n) is 4.34. The molecule has 0 bridgehead atoms. The maximum Gasteiger partial charge on any atom is 0.261 e. The molecule has 3 rings (SSSR count). The molecule has 0 atom stereocenters. The summed E-state index contributed by atoms with van der Waals surface area (Å²) in [7, 11) is 0. The van der Waals surface area contributed by atoms with E-state index < -0.39 is 0 Å². The summed E-state index contributed by atoms with van der Waals surface area (Å²) >= 11 is 5.97. The molecule has 1 aromatic carbocycles. The molecule has 0 unspecified atom stereocenters. The smallest absolute Gasteiger partial charge is 0.261 e. The van der Waals surface area contributed by atoms with Crippen molar-refractivity contribution in [3.05, 3.63) is 69.8 Å². The maximum atomic E-state index is 12.1. The van der Waals surface area contributed by atoms with E-state index in [2.05, 4.69) is 20.2 Å². The third kappa shape index (κ3) is 4.28. The highest BCUT2D eigenvalue weighted by molar-refractivity contribution is 6.30. The lowest BCUT2D eigenvalue weighted by atomic mass is 10.2. The molecule has 6 nitrogen and oxygen atoms in total. The molecule has 1 amide bonds. The number of carbonyl (C=O) groups excluding carboxylic acids is 1. The zero-order valence-electron chi connectivity index (χ0n) is 15.8. The van der Waals surface area contributed by atoms with Crippen LogP contribution in [0.4, 0.5) is 0 Å². The van der Waals surface area contributed by atoms with Crippen LogP contribution < -0.4 is 5.43 Å². The number of benzene rings is 1. The first kappa shape index (κ1) is 18.9. The topological polar surface area (TPSA) is 64.2 Å². The van der Waals surface area contributed by atoms with Crippen molar-refractivity contribution >= 4 is 23.7 Å². The number of aromatic nitrogens is 3. The highest BCUT2D eigenvalue weighted by Crippen LogP contribution is 2.21. The largest absolute Gasteiger partial charge is 0.318 e. The highest BCUT2D eigenvalue weighted by Gasteiger charge is 2.10. The Morgan fingerprint density at radius 3 is 2.48 bits per heavy atom. The van der Waals surface area contributed by atoms with Gasteiger partial charge in [0.05, 0.1) is 11.9 Å². The van der Waals surface area contributed by atoms with Gasteiger partial charge in [-0.15, -0.1) is 0 Å². The monoisotopic (exact) mass is 383 g/mol. The second-order valence-electron chi connectivity index (χ2n) is 6.52. The summed E-state index contributed by atoms with van der Waals surface area (Å²) in [4.78, 5) is 12.1. The molecule has 0 aliphatic rings. The van der Waals surface area contributed by atoms with Crippen LogP contribution in [-0.4, -0.2) is 26.5 Å². The number of carbonyl (C=O) groups is 1. The maximum absolute atomic E-state index is 12.1. The van der Waals surface area contributed by atoms with E-state index in [-0.39, 0.29) is 12.5 Å². The van der Waals surface area contributed by atoms with Crippen LogP contribution in [0, 0.1) is 27.7 Å². The zero-order valence-corrected chi connectivity index (χ0v) is 16.6. The van der Waals surface area contributed by atoms with Crippen molar-refractivity contribution in [3.63, 3.8) is 0 Å². The zero-order chi connectivity index (χ0) is 19.6. The minimum atomic E-state index is -0.219. The average molecular weight is 384 g/mol. The van der Waals surface area contributed by atoms with Gasteiger partial charge in [0, 0.05) is 33.4 Å². The fourth-order valence-electron chi connectivity index (χ4n) is 3.09. The van der Waals surface area contributed by atoms with Crippen LogP contribution in [0.2, 0.25) is 5.02 Å². The number of aryl methyl sites for hydroxylation is 3. The average Bonchev–Trinajstić information content (AvgIpc) is 3.07. The predicted octanol–water partition coefficient (Wildman–Crippen LogP) is 3.71. The Hall–Kier alpha value is -2.86. The SMILES string of the molecule is Cc1cc(C)n(CC(=O)N/N=C/c2cc(C)n(-c3ccc(Cl)cc3)c2C)n1. The Kier molecular flexibility index (Phi) is 5.46. The van der Waals surface area contributed by atoms with Crippen LogP contribution in [0.5, 0.6) is 0 Å². The van der Waals surface area contributed by atoms with E-state index in [9.17, 15) is 4.79 Å². The molecule has 0 fully saturated rings. The molecular formula is C20H22ClN5O. The van der Waals surface area contributed by atoms with Crippen LogP contribution in [0.1, 0.15) is 28.3 Å². The van der Waals surface area contributed by atoms with Gasteiger partial charge in [0.15, 0.2) is 0 Å². The number of nitrogens with zero attached hydrogens (tertiary/aromatic N) is 4. The molecule has 1 N–H and O–H groups in total. The Balaban J connectivity index is 1.70. The Labute approximate surface area is 163 Å². The highest BCUT2D eigenvalue weighted by atomic mass is 35.5. The van der Waals surface area contributed by atoms with Crippen molar-refractivity contribution < 1.29 is 4.79 Å². The molecule has 140 valence electrons. The van der Waals surface area contributed by atoms with Gasteiger partial charge < -0.3 is 4.57 Å². The van der Waals surface area contributed by atoms with Crippen LogP contribution >= 0.6 is 11.6 Å². The van der Waals surface area contributed by atoms with Gasteiger partial charge >= 0.3 is 0 Å². The number of hydrazone groups is 1. The van der Waals surface area contributed by atoms with E-state index in [0.717, 1.165) is 34.0 Å². The van der Waals surface area contributed by atoms with Crippen molar-refractivity contribution in [1.29, 1.82) is 0 Å². The summed E-state index contributed by atoms with van der Waals surface area (Å²) in [5.41, 5.74) is 8.47. The molecule has 0 saturated heterocycles. The van der Waals surface area contributed by atoms with Gasteiger partial charge in [0.2, 0.25) is 0 Å². The van der Waals surface area contributed by atoms with Crippen molar-refractivity contribution in [2.75, 3.05) is 0 Å². The van der Waals surface area contributed by atoms with Gasteiger partial charge in [-0.3, -0.25) is 9.48 Å². The second-order valence-corrected chi connectivity index (χ2v) is 6.95. The van der Waals surface area contributed by atoms with E-state index in [0.29, 0.717) is 5.02 Å². The first-order valence-corrected chi connectivity index (χ1v) is 9.01. The van der Waals surface area contributed by atoms with Crippen molar-refractivity contribution in [3.8, 4) is 5.69 Å². The second kappa shape index (κ2) is 7.80. The van der Waals surface area contributed by atoms with Crippen molar-refractivity contribution in [2.24, 2.45) is 5.10 Å². The molecule has 3 aromatic rings. The molecule has 0 saturated carbocycles. The van der Waals surface area contributed by atoms with Crippen LogP contribution in [0.3, 0.4) is 0 Å². The van der Waals surface area contributed by atoms with E-state index in [1.54, 1.807) is 10.9 Å². The van der Waals surface area contributed by atoms with Crippen LogP contribution in [0.25, 0.3) is 5.69 Å². The van der Waals surface area contributed by atoms with E-state index >= 15 is 0 Å². The van der Waals surface area contributed by atoms with Gasteiger partial charge in [-0.2, -0.15) is 10.2 Å². The summed E-state index contributed by atoms with van der Waals surface area (Å²) in [5, 5.41) is 9.08. The summed E-state index contributed by atoms with van der Waals surface area (Å²) in [6.07, 6.45) is 1.66. The first-order valence-electron chi connectivity index (χ1n) is 8.63. The molecule has 0 radical (unpaired) electrons. The number of hydrogen-bond acceptors (Lipinski definition) is 3. The number of halogens is 1. The molecule has 0 spiro atoms. The Bertz CT molecular complexity index is 998. The van der Waals surface area contributed by atoms with Crippen LogP contribution in [0.15, 0.2) is 41.5 Å². The fraction of sp³-hybridized carbons (Fsp3) is 0.250. The van der Waals surface area contributed by atoms with Gasteiger partial charge in [-0.1, -0.05) is 11.6 Å². The predicted molar refractivity (Wildman–Crippen MR) is 108 cm³/mol. The third-order valence-corrected chi connectivity index (χ3v) is 4.60. The normalized spacial score (nSPS) is 11.3. The summed E-state index contributed by atoms with van der Waals surface area (Å²) in [5.74, 6) is -0.219. The minimum Gasteiger partial charge on any atom is -0.318 e. The van der Waals surface area contributed by atoms with Crippen LogP contribution in [-0.2, 0) is 11.3 Å². The summed E-state index contributed by atoms with van der Waals surface area (Å²) in [6, 6.07) is 11.6. The molecule has 7 heteroatoms. The Morgan fingerprint density at radius 1 is 1.15 bits per heavy atom. The lowest BCUT2D eigenvalue weighted by molar-refractivity contribution is -0.121. The number of nitrogens with one attached hydrogen (secondary N) is 1. The van der Waals surface area contributed by atoms with Gasteiger partial charge in [-0.25, -0.2) is 5.43 Å². The van der Waals surface area contributed by atoms with E-state index in [1.807, 2.05) is 64.1 Å². The fourth-order valence-corrected chi connectivity index (χ4v) is 3.21. The minimum absolute atomic E-state index is 0.140. The lowest BCUT2D eigenvalue weighted by Crippen LogP contribution is -2.24. The quantitative estimate of drug-likeness (QED) is 0.539. The summed E-state index contributed by atoms with van der Waals surface area (Å²) < 4.78 is 3.78. The Morgan fingerprint density at radius 2 is 1.85 bits per heavy atom. The van der Waals surface area contributed by atoms with Crippen molar-refractivity contribution in [1.82, 2.24) is 19.8 Å². The van der Waals surface area contributed by atoms with E-state index in [4.69, 9.17) is 11.6 Å².